The van der Waals surface area contributed by atoms with Crippen LogP contribution in [0.1, 0.15) is 24.2 Å². The Labute approximate surface area is 121 Å². The number of fused-ring (bicyclic) bond motifs is 3. The molecule has 0 saturated carbocycles. The van der Waals surface area contributed by atoms with Crippen LogP contribution in [0.5, 0.6) is 0 Å². The maximum absolute atomic E-state index is 11.6. The molecule has 5 heteroatoms. The molecular weight excluding hydrogens is 270 g/mol. The van der Waals surface area contributed by atoms with E-state index in [1.807, 2.05) is 12.1 Å². The third-order valence-corrected chi connectivity index (χ3v) is 3.60. The highest BCUT2D eigenvalue weighted by Gasteiger charge is 2.17. The van der Waals surface area contributed by atoms with E-state index in [9.17, 15) is 9.59 Å². The summed E-state index contributed by atoms with van der Waals surface area (Å²) in [6.07, 6.45) is 6.08. The Balaban J connectivity index is 1.87. The normalized spacial score (nSPS) is 14.3. The number of amides is 1. The number of carboxylic acids is 1. The third-order valence-electron chi connectivity index (χ3n) is 3.60. The Morgan fingerprint density at radius 3 is 2.81 bits per heavy atom. The lowest BCUT2D eigenvalue weighted by Crippen LogP contribution is -2.08. The standard InChI is InChI=1S/C16H15NO4/c18-15(7-8-16(19)20)17-10-5-6-14-12(9-10)11-3-1-2-4-13(11)21-14/h5-9H,1-4H2,(H,17,18)(H,19,20). The van der Waals surface area contributed by atoms with Crippen LogP contribution in [0, 0.1) is 0 Å². The van der Waals surface area contributed by atoms with Crippen molar-refractivity contribution >= 4 is 28.5 Å². The van der Waals surface area contributed by atoms with E-state index >= 15 is 0 Å². The summed E-state index contributed by atoms with van der Waals surface area (Å²) in [4.78, 5) is 22.0. The summed E-state index contributed by atoms with van der Waals surface area (Å²) in [5.74, 6) is -0.566. The summed E-state index contributed by atoms with van der Waals surface area (Å²) in [5.41, 5.74) is 2.70. The van der Waals surface area contributed by atoms with Crippen molar-refractivity contribution in [2.75, 3.05) is 5.32 Å². The van der Waals surface area contributed by atoms with Gasteiger partial charge in [0, 0.05) is 35.2 Å². The van der Waals surface area contributed by atoms with Gasteiger partial charge in [0.2, 0.25) is 5.91 Å². The summed E-state index contributed by atoms with van der Waals surface area (Å²) in [7, 11) is 0. The molecule has 2 aromatic rings. The van der Waals surface area contributed by atoms with Crippen molar-refractivity contribution in [1.29, 1.82) is 0 Å². The zero-order valence-corrected chi connectivity index (χ0v) is 11.4. The summed E-state index contributed by atoms with van der Waals surface area (Å²) < 4.78 is 5.83. The smallest absolute Gasteiger partial charge is 0.328 e. The molecule has 1 aromatic carbocycles. The molecule has 1 amide bonds. The molecule has 0 atom stereocenters. The first kappa shape index (κ1) is 13.4. The van der Waals surface area contributed by atoms with Gasteiger partial charge in [-0.05, 0) is 37.5 Å². The van der Waals surface area contributed by atoms with Crippen molar-refractivity contribution in [1.82, 2.24) is 0 Å². The number of hydrogen-bond donors (Lipinski definition) is 2. The summed E-state index contributed by atoms with van der Waals surface area (Å²) in [5, 5.41) is 12.2. The van der Waals surface area contributed by atoms with Gasteiger partial charge < -0.3 is 14.8 Å². The summed E-state index contributed by atoms with van der Waals surface area (Å²) in [6.45, 7) is 0. The highest BCUT2D eigenvalue weighted by atomic mass is 16.4. The molecule has 3 rings (SSSR count). The molecule has 1 aliphatic rings. The number of carboxylic acid groups (broad SMARTS) is 1. The molecule has 1 aliphatic carbocycles. The third kappa shape index (κ3) is 2.81. The molecule has 1 heterocycles. The fraction of sp³-hybridized carbons (Fsp3) is 0.250. The maximum Gasteiger partial charge on any atom is 0.328 e. The molecule has 5 nitrogen and oxygen atoms in total. The molecular formula is C16H15NO4. The second kappa shape index (κ2) is 5.44. The number of carbonyl (C=O) groups excluding carboxylic acids is 1. The number of carbonyl (C=O) groups is 2. The van der Waals surface area contributed by atoms with E-state index in [-0.39, 0.29) is 0 Å². The highest BCUT2D eigenvalue weighted by molar-refractivity contribution is 6.03. The van der Waals surface area contributed by atoms with E-state index in [1.54, 1.807) is 6.07 Å². The first-order valence-corrected chi connectivity index (χ1v) is 6.90. The van der Waals surface area contributed by atoms with Crippen LogP contribution in [0.15, 0.2) is 34.8 Å². The summed E-state index contributed by atoms with van der Waals surface area (Å²) in [6, 6.07) is 5.48. The van der Waals surface area contributed by atoms with Crippen molar-refractivity contribution < 1.29 is 19.1 Å². The minimum Gasteiger partial charge on any atom is -0.478 e. The van der Waals surface area contributed by atoms with Crippen molar-refractivity contribution in [3.8, 4) is 0 Å². The van der Waals surface area contributed by atoms with Crippen LogP contribution in [-0.2, 0) is 22.4 Å². The van der Waals surface area contributed by atoms with Crippen molar-refractivity contribution in [2.24, 2.45) is 0 Å². The van der Waals surface area contributed by atoms with Gasteiger partial charge in [-0.1, -0.05) is 0 Å². The number of furan rings is 1. The number of anilines is 1. The van der Waals surface area contributed by atoms with Gasteiger partial charge in [-0.3, -0.25) is 4.79 Å². The van der Waals surface area contributed by atoms with Crippen LogP contribution < -0.4 is 5.32 Å². The fourth-order valence-electron chi connectivity index (χ4n) is 2.67. The predicted octanol–water partition coefficient (Wildman–Crippen LogP) is 2.89. The Hall–Kier alpha value is -2.56. The van der Waals surface area contributed by atoms with E-state index in [4.69, 9.17) is 9.52 Å². The van der Waals surface area contributed by atoms with Gasteiger partial charge in [0.05, 0.1) is 0 Å². The topological polar surface area (TPSA) is 79.5 Å². The second-order valence-electron chi connectivity index (χ2n) is 5.08. The second-order valence-corrected chi connectivity index (χ2v) is 5.08. The molecule has 0 spiro atoms. The van der Waals surface area contributed by atoms with Gasteiger partial charge in [-0.15, -0.1) is 0 Å². The molecule has 0 fully saturated rings. The average molecular weight is 285 g/mol. The number of hydrogen-bond acceptors (Lipinski definition) is 3. The van der Waals surface area contributed by atoms with Gasteiger partial charge >= 0.3 is 5.97 Å². The highest BCUT2D eigenvalue weighted by Crippen LogP contribution is 2.33. The molecule has 0 aliphatic heterocycles. The number of benzene rings is 1. The minimum atomic E-state index is -1.15. The first-order chi connectivity index (χ1) is 10.1. The molecule has 1 aromatic heterocycles. The first-order valence-electron chi connectivity index (χ1n) is 6.90. The van der Waals surface area contributed by atoms with E-state index in [2.05, 4.69) is 5.32 Å². The van der Waals surface area contributed by atoms with Crippen LogP contribution in [-0.4, -0.2) is 17.0 Å². The summed E-state index contributed by atoms with van der Waals surface area (Å²) >= 11 is 0. The van der Waals surface area contributed by atoms with Crippen LogP contribution in [0.25, 0.3) is 11.0 Å². The monoisotopic (exact) mass is 285 g/mol. The molecule has 0 unspecified atom stereocenters. The van der Waals surface area contributed by atoms with E-state index < -0.39 is 11.9 Å². The molecule has 108 valence electrons. The Bertz CT molecular complexity index is 742. The lowest BCUT2D eigenvalue weighted by Gasteiger charge is -2.08. The molecule has 0 bridgehead atoms. The van der Waals surface area contributed by atoms with Crippen molar-refractivity contribution in [3.63, 3.8) is 0 Å². The lowest BCUT2D eigenvalue weighted by molar-refractivity contribution is -0.131. The molecule has 21 heavy (non-hydrogen) atoms. The van der Waals surface area contributed by atoms with E-state index in [1.165, 1.54) is 5.56 Å². The lowest BCUT2D eigenvalue weighted by atomic mass is 9.96. The van der Waals surface area contributed by atoms with Gasteiger partial charge in [-0.25, -0.2) is 4.79 Å². The van der Waals surface area contributed by atoms with Gasteiger partial charge in [0.15, 0.2) is 0 Å². The van der Waals surface area contributed by atoms with E-state index in [0.717, 1.165) is 54.6 Å². The molecule has 0 saturated heterocycles. The Morgan fingerprint density at radius 2 is 2.00 bits per heavy atom. The van der Waals surface area contributed by atoms with Gasteiger partial charge in [0.25, 0.3) is 0 Å². The Morgan fingerprint density at radius 1 is 1.19 bits per heavy atom. The quantitative estimate of drug-likeness (QED) is 0.850. The van der Waals surface area contributed by atoms with Gasteiger partial charge in [-0.2, -0.15) is 0 Å². The van der Waals surface area contributed by atoms with Crippen LogP contribution in [0.2, 0.25) is 0 Å². The van der Waals surface area contributed by atoms with Crippen LogP contribution in [0.3, 0.4) is 0 Å². The zero-order chi connectivity index (χ0) is 14.8. The number of aryl methyl sites for hydroxylation is 2. The molecule has 0 radical (unpaired) electrons. The zero-order valence-electron chi connectivity index (χ0n) is 11.4. The van der Waals surface area contributed by atoms with Crippen molar-refractivity contribution in [2.45, 2.75) is 25.7 Å². The maximum atomic E-state index is 11.6. The SMILES string of the molecule is O=C(O)C=CC(=O)Nc1ccc2oc3c(c2c1)CCCC3. The van der Waals surface area contributed by atoms with Crippen LogP contribution in [0.4, 0.5) is 5.69 Å². The number of nitrogens with one attached hydrogen (secondary N) is 1. The van der Waals surface area contributed by atoms with Crippen molar-refractivity contribution in [3.05, 3.63) is 41.7 Å². The number of aliphatic carboxylic acids is 1. The fourth-order valence-corrected chi connectivity index (χ4v) is 2.67. The van der Waals surface area contributed by atoms with Crippen LogP contribution >= 0.6 is 0 Å². The predicted molar refractivity (Wildman–Crippen MR) is 78.3 cm³/mol. The average Bonchev–Trinajstić information content (AvgIpc) is 2.83. The van der Waals surface area contributed by atoms with Gasteiger partial charge in [0.1, 0.15) is 11.3 Å². The Kier molecular flexibility index (Phi) is 3.48. The largest absolute Gasteiger partial charge is 0.478 e. The number of rotatable bonds is 3. The molecule has 2 N–H and O–H groups in total. The minimum absolute atomic E-state index is 0.464. The van der Waals surface area contributed by atoms with E-state index in [0.29, 0.717) is 5.69 Å².